The lowest BCUT2D eigenvalue weighted by molar-refractivity contribution is -0.149. The average molecular weight is 589 g/mol. The maximum absolute atomic E-state index is 14.0. The van der Waals surface area contributed by atoms with Gasteiger partial charge in [0, 0.05) is 44.0 Å². The maximum atomic E-state index is 14.0. The quantitative estimate of drug-likeness (QED) is 0.551. The second-order valence-electron chi connectivity index (χ2n) is 12.1. The lowest BCUT2D eigenvalue weighted by atomic mass is 9.90. The normalized spacial score (nSPS) is 29.6. The van der Waals surface area contributed by atoms with Crippen LogP contribution in [0.2, 0.25) is 0 Å². The molecule has 10 nitrogen and oxygen atoms in total. The van der Waals surface area contributed by atoms with Gasteiger partial charge < -0.3 is 20.0 Å². The molecule has 4 atom stereocenters. The van der Waals surface area contributed by atoms with E-state index in [1.165, 1.54) is 18.0 Å². The number of nitrogens with zero attached hydrogens (tertiary/aromatic N) is 3. The van der Waals surface area contributed by atoms with E-state index < -0.39 is 28.0 Å². The number of piperidine rings is 1. The Morgan fingerprint density at radius 2 is 1.85 bits per heavy atom. The predicted molar refractivity (Wildman–Crippen MR) is 149 cm³/mol. The molecule has 4 amide bonds. The highest BCUT2D eigenvalue weighted by molar-refractivity contribution is 7.99. The van der Waals surface area contributed by atoms with Crippen molar-refractivity contribution in [3.05, 3.63) is 29.8 Å². The highest BCUT2D eigenvalue weighted by Gasteiger charge is 2.57. The van der Waals surface area contributed by atoms with Crippen LogP contribution in [0.25, 0.3) is 0 Å². The smallest absolute Gasteiger partial charge is 0.246 e. The summed E-state index contributed by atoms with van der Waals surface area (Å²) in [6, 6.07) is 5.22. The summed E-state index contributed by atoms with van der Waals surface area (Å²) in [4.78, 5) is 58.3. The summed E-state index contributed by atoms with van der Waals surface area (Å²) in [7, 11) is -3.33. The molecule has 1 N–H and O–H groups in total. The van der Waals surface area contributed by atoms with E-state index in [2.05, 4.69) is 5.32 Å². The number of nitrogens with one attached hydrogen (secondary N) is 1. The topological polar surface area (TPSA) is 124 Å². The molecule has 1 aliphatic carbocycles. The molecular formula is C28H36N4O6S2. The minimum Gasteiger partial charge on any atom is -0.344 e. The summed E-state index contributed by atoms with van der Waals surface area (Å²) < 4.78 is 24.2. The number of carbonyl (C=O) groups excluding carboxylic acids is 4. The number of carbonyl (C=O) groups is 4. The molecule has 5 aliphatic rings. The fraction of sp³-hybridized carbons (Fsp3) is 0.643. The second-order valence-corrected chi connectivity index (χ2v) is 15.2. The first-order valence-electron chi connectivity index (χ1n) is 14.1. The number of hydrogen-bond donors (Lipinski definition) is 1. The zero-order valence-corrected chi connectivity index (χ0v) is 24.3. The molecule has 0 aromatic heterocycles. The first-order chi connectivity index (χ1) is 19.0. The van der Waals surface area contributed by atoms with Crippen molar-refractivity contribution in [3.8, 4) is 0 Å². The van der Waals surface area contributed by atoms with E-state index >= 15 is 0 Å². The Morgan fingerprint density at radius 1 is 1.05 bits per heavy atom. The van der Waals surface area contributed by atoms with Gasteiger partial charge >= 0.3 is 0 Å². The van der Waals surface area contributed by atoms with Crippen molar-refractivity contribution in [1.82, 2.24) is 20.0 Å². The molecule has 1 aromatic carbocycles. The van der Waals surface area contributed by atoms with Crippen molar-refractivity contribution in [3.63, 3.8) is 0 Å². The lowest BCUT2D eigenvalue weighted by Crippen LogP contribution is -2.56. The van der Waals surface area contributed by atoms with Gasteiger partial charge in [-0.2, -0.15) is 0 Å². The summed E-state index contributed by atoms with van der Waals surface area (Å²) in [5.74, 6) is 0.342. The standard InChI is InChI=1S/C28H36N4O6S2/c1-40(37,38)20-6-2-4-18(12-20)19-5-3-11-30(14-19)26(35)22-13-28(9-10-28)16-31(22)27(36)23-15-39-17-32(23)25(34)21-7-8-24(33)29-21/h2,4,6,12,19,21-23H,3,5,7-11,13-17H2,1H3,(H,29,33)/t19?,21-,22+,23+/m1/s1. The highest BCUT2D eigenvalue weighted by Crippen LogP contribution is 2.55. The zero-order valence-electron chi connectivity index (χ0n) is 22.7. The van der Waals surface area contributed by atoms with Gasteiger partial charge in [0.1, 0.15) is 18.1 Å². The number of amides is 4. The molecule has 1 spiro atoms. The van der Waals surface area contributed by atoms with E-state index in [1.807, 2.05) is 11.0 Å². The van der Waals surface area contributed by atoms with Crippen molar-refractivity contribution in [2.75, 3.05) is 37.5 Å². The lowest BCUT2D eigenvalue weighted by Gasteiger charge is -2.37. The first kappa shape index (κ1) is 27.6. The monoisotopic (exact) mass is 588 g/mol. The summed E-state index contributed by atoms with van der Waals surface area (Å²) in [5, 5.41) is 2.72. The van der Waals surface area contributed by atoms with Crippen LogP contribution in [0.15, 0.2) is 29.2 Å². The molecular weight excluding hydrogens is 552 g/mol. The fourth-order valence-electron chi connectivity index (χ4n) is 6.76. The predicted octanol–water partition coefficient (Wildman–Crippen LogP) is 1.36. The molecule has 4 saturated heterocycles. The van der Waals surface area contributed by atoms with Crippen LogP contribution in [0.5, 0.6) is 0 Å². The van der Waals surface area contributed by atoms with E-state index in [0.29, 0.717) is 50.5 Å². The molecule has 4 aliphatic heterocycles. The second kappa shape index (κ2) is 10.3. The molecule has 0 radical (unpaired) electrons. The Labute approximate surface area is 239 Å². The van der Waals surface area contributed by atoms with Gasteiger partial charge in [0.05, 0.1) is 10.8 Å². The van der Waals surface area contributed by atoms with Crippen LogP contribution in [0, 0.1) is 5.41 Å². The van der Waals surface area contributed by atoms with Crippen molar-refractivity contribution in [2.24, 2.45) is 5.41 Å². The molecule has 1 unspecified atom stereocenters. The Kier molecular flexibility index (Phi) is 7.13. The third-order valence-corrected chi connectivity index (χ3v) is 11.4. The largest absolute Gasteiger partial charge is 0.344 e. The van der Waals surface area contributed by atoms with Crippen molar-refractivity contribution in [2.45, 2.75) is 73.9 Å². The fourth-order valence-corrected chi connectivity index (χ4v) is 8.59. The highest BCUT2D eigenvalue weighted by atomic mass is 32.2. The van der Waals surface area contributed by atoms with E-state index in [4.69, 9.17) is 0 Å². The Morgan fingerprint density at radius 3 is 2.55 bits per heavy atom. The molecule has 12 heteroatoms. The van der Waals surface area contributed by atoms with Crippen molar-refractivity contribution < 1.29 is 27.6 Å². The van der Waals surface area contributed by atoms with Crippen LogP contribution in [0.3, 0.4) is 0 Å². The number of sulfone groups is 1. The Bertz CT molecular complexity index is 1350. The zero-order chi connectivity index (χ0) is 28.2. The molecule has 0 bridgehead atoms. The van der Waals surface area contributed by atoms with E-state index in [-0.39, 0.29) is 39.9 Å². The number of benzene rings is 1. The molecule has 4 heterocycles. The molecule has 6 rings (SSSR count). The van der Waals surface area contributed by atoms with Gasteiger partial charge in [-0.15, -0.1) is 11.8 Å². The van der Waals surface area contributed by atoms with E-state index in [9.17, 15) is 27.6 Å². The molecule has 1 saturated carbocycles. The summed E-state index contributed by atoms with van der Waals surface area (Å²) in [6.07, 6.45) is 6.27. The van der Waals surface area contributed by atoms with Gasteiger partial charge in [-0.05, 0) is 61.6 Å². The molecule has 216 valence electrons. The number of rotatable bonds is 5. The Balaban J connectivity index is 1.18. The first-order valence-corrected chi connectivity index (χ1v) is 17.2. The molecule has 40 heavy (non-hydrogen) atoms. The van der Waals surface area contributed by atoms with Crippen LogP contribution in [0.1, 0.15) is 56.4 Å². The van der Waals surface area contributed by atoms with Gasteiger partial charge in [-0.1, -0.05) is 12.1 Å². The molecule has 1 aromatic rings. The SMILES string of the molecule is CS(=O)(=O)c1cccc(C2CCCN(C(=O)[C@@H]3CC4(CC4)CN3C(=O)[C@@H]3CSCN3C(=O)[C@H]3CCC(=O)N3)C2)c1. The maximum Gasteiger partial charge on any atom is 0.246 e. The third kappa shape index (κ3) is 5.24. The van der Waals surface area contributed by atoms with Crippen LogP contribution in [-0.2, 0) is 29.0 Å². The number of likely N-dealkylation sites (tertiary alicyclic amines) is 2. The van der Waals surface area contributed by atoms with Crippen LogP contribution in [-0.4, -0.2) is 102 Å². The number of thioether (sulfide) groups is 1. The van der Waals surface area contributed by atoms with Crippen molar-refractivity contribution >= 4 is 45.2 Å². The number of hydrogen-bond acceptors (Lipinski definition) is 7. The van der Waals surface area contributed by atoms with E-state index in [1.54, 1.807) is 28.0 Å². The van der Waals surface area contributed by atoms with E-state index in [0.717, 1.165) is 31.2 Å². The summed E-state index contributed by atoms with van der Waals surface area (Å²) >= 11 is 1.53. The van der Waals surface area contributed by atoms with Crippen LogP contribution >= 0.6 is 11.8 Å². The van der Waals surface area contributed by atoms with Crippen molar-refractivity contribution in [1.29, 1.82) is 0 Å². The average Bonchev–Trinajstić information content (AvgIpc) is 3.29. The summed E-state index contributed by atoms with van der Waals surface area (Å²) in [6.45, 7) is 1.64. The third-order valence-electron chi connectivity index (χ3n) is 9.27. The molecule has 5 fully saturated rings. The van der Waals surface area contributed by atoms with Gasteiger partial charge in [0.2, 0.25) is 23.6 Å². The van der Waals surface area contributed by atoms with Gasteiger partial charge in [-0.3, -0.25) is 19.2 Å². The van der Waals surface area contributed by atoms with Gasteiger partial charge in [-0.25, -0.2) is 8.42 Å². The van der Waals surface area contributed by atoms with Gasteiger partial charge in [0.15, 0.2) is 9.84 Å². The van der Waals surface area contributed by atoms with Gasteiger partial charge in [0.25, 0.3) is 0 Å². The summed E-state index contributed by atoms with van der Waals surface area (Å²) in [5.41, 5.74) is 0.907. The van der Waals surface area contributed by atoms with Crippen LogP contribution in [0.4, 0.5) is 0 Å². The Hall–Kier alpha value is -2.60. The van der Waals surface area contributed by atoms with Crippen LogP contribution < -0.4 is 5.32 Å². The minimum absolute atomic E-state index is 0.00496. The minimum atomic E-state index is -3.33.